The molecule has 0 aromatic heterocycles. The van der Waals surface area contributed by atoms with Gasteiger partial charge < -0.3 is 5.11 Å². The summed E-state index contributed by atoms with van der Waals surface area (Å²) in [5.74, 6) is -0.788. The molecule has 0 saturated carbocycles. The Labute approximate surface area is 112 Å². The van der Waals surface area contributed by atoms with Crippen molar-refractivity contribution in [3.8, 4) is 0 Å². The molecule has 1 saturated heterocycles. The summed E-state index contributed by atoms with van der Waals surface area (Å²) in [5.41, 5.74) is 0.630. The quantitative estimate of drug-likeness (QED) is 0.841. The van der Waals surface area contributed by atoms with Crippen molar-refractivity contribution in [2.24, 2.45) is 0 Å². The Bertz CT molecular complexity index is 541. The Morgan fingerprint density at radius 3 is 2.58 bits per heavy atom. The van der Waals surface area contributed by atoms with E-state index in [9.17, 15) is 18.3 Å². The van der Waals surface area contributed by atoms with Crippen molar-refractivity contribution < 1.29 is 18.3 Å². The number of rotatable bonds is 5. The molecule has 2 unspecified atom stereocenters. The van der Waals surface area contributed by atoms with Crippen LogP contribution in [-0.4, -0.2) is 37.0 Å². The summed E-state index contributed by atoms with van der Waals surface area (Å²) in [6.07, 6.45) is 1.27. The molecule has 1 heterocycles. The van der Waals surface area contributed by atoms with Gasteiger partial charge in [-0.3, -0.25) is 10.1 Å². The Morgan fingerprint density at radius 1 is 1.37 bits per heavy atom. The Kier molecular flexibility index (Phi) is 4.21. The fourth-order valence-electron chi connectivity index (χ4n) is 2.33. The lowest BCUT2D eigenvalue weighted by Gasteiger charge is -2.17. The van der Waals surface area contributed by atoms with Crippen LogP contribution >= 0.6 is 0 Å². The van der Waals surface area contributed by atoms with Crippen molar-refractivity contribution in [1.82, 2.24) is 5.32 Å². The van der Waals surface area contributed by atoms with Gasteiger partial charge in [0.05, 0.1) is 11.0 Å². The van der Waals surface area contributed by atoms with E-state index in [0.717, 1.165) is 0 Å². The first kappa shape index (κ1) is 14.0. The first-order valence-electron chi connectivity index (χ1n) is 6.23. The van der Waals surface area contributed by atoms with E-state index in [-0.39, 0.29) is 12.3 Å². The molecule has 1 fully saturated rings. The van der Waals surface area contributed by atoms with Gasteiger partial charge in [0.1, 0.15) is 6.04 Å². The van der Waals surface area contributed by atoms with Gasteiger partial charge in [-0.25, -0.2) is 8.42 Å². The first-order chi connectivity index (χ1) is 9.00. The third-order valence-corrected chi connectivity index (χ3v) is 5.67. The first-order valence-corrected chi connectivity index (χ1v) is 7.95. The van der Waals surface area contributed by atoms with Gasteiger partial charge in [-0.2, -0.15) is 0 Å². The summed E-state index contributed by atoms with van der Waals surface area (Å²) in [5, 5.41) is 11.6. The van der Waals surface area contributed by atoms with Crippen molar-refractivity contribution in [2.75, 3.05) is 12.3 Å². The van der Waals surface area contributed by atoms with E-state index in [0.29, 0.717) is 18.4 Å². The van der Waals surface area contributed by atoms with E-state index in [1.54, 1.807) is 24.3 Å². The third kappa shape index (κ3) is 3.33. The summed E-state index contributed by atoms with van der Waals surface area (Å²) in [6.45, 7) is 0.189. The fourth-order valence-corrected chi connectivity index (χ4v) is 4.11. The van der Waals surface area contributed by atoms with Crippen LogP contribution in [0.4, 0.5) is 0 Å². The minimum Gasteiger partial charge on any atom is -0.480 e. The lowest BCUT2D eigenvalue weighted by Crippen LogP contribution is -2.36. The molecule has 0 radical (unpaired) electrons. The average Bonchev–Trinajstić information content (AvgIpc) is 2.70. The second-order valence-electron chi connectivity index (χ2n) is 4.72. The largest absolute Gasteiger partial charge is 0.480 e. The zero-order valence-electron chi connectivity index (χ0n) is 10.5. The molecule has 0 aliphatic carbocycles. The second kappa shape index (κ2) is 5.71. The van der Waals surface area contributed by atoms with Gasteiger partial charge in [0.15, 0.2) is 9.84 Å². The van der Waals surface area contributed by atoms with Gasteiger partial charge in [-0.05, 0) is 18.4 Å². The molecule has 2 N–H and O–H groups in total. The number of carbonyl (C=O) groups is 1. The van der Waals surface area contributed by atoms with Crippen molar-refractivity contribution in [3.63, 3.8) is 0 Å². The highest BCUT2D eigenvalue weighted by Crippen LogP contribution is 2.20. The molecule has 0 spiro atoms. The Morgan fingerprint density at radius 2 is 2.05 bits per heavy atom. The lowest BCUT2D eigenvalue weighted by molar-refractivity contribution is -0.139. The van der Waals surface area contributed by atoms with Crippen LogP contribution in [0.25, 0.3) is 0 Å². The molecule has 1 aromatic carbocycles. The standard InChI is InChI=1S/C13H17NO4S/c15-13(16)12(10-5-2-1-3-6-10)14-9-11-7-4-8-19(11,17)18/h1-3,5-6,11-12,14H,4,7-9H2,(H,15,16). The lowest BCUT2D eigenvalue weighted by atomic mass is 10.1. The molecule has 1 aliphatic rings. The Balaban J connectivity index is 2.05. The van der Waals surface area contributed by atoms with E-state index < -0.39 is 27.1 Å². The van der Waals surface area contributed by atoms with E-state index in [2.05, 4.69) is 5.32 Å². The van der Waals surface area contributed by atoms with E-state index in [4.69, 9.17) is 0 Å². The predicted molar refractivity (Wildman–Crippen MR) is 71.6 cm³/mol. The van der Waals surface area contributed by atoms with Crippen LogP contribution in [0.2, 0.25) is 0 Å². The predicted octanol–water partition coefficient (Wildman–Crippen LogP) is 0.979. The molecule has 1 aliphatic heterocycles. The maximum Gasteiger partial charge on any atom is 0.325 e. The summed E-state index contributed by atoms with van der Waals surface area (Å²) in [4.78, 5) is 11.3. The molecular weight excluding hydrogens is 266 g/mol. The maximum atomic E-state index is 11.7. The number of aliphatic carboxylic acids is 1. The number of benzene rings is 1. The van der Waals surface area contributed by atoms with Crippen LogP contribution in [0.3, 0.4) is 0 Å². The normalized spacial score (nSPS) is 23.1. The van der Waals surface area contributed by atoms with Gasteiger partial charge in [0.25, 0.3) is 0 Å². The van der Waals surface area contributed by atoms with Gasteiger partial charge in [-0.1, -0.05) is 30.3 Å². The molecule has 104 valence electrons. The van der Waals surface area contributed by atoms with E-state index >= 15 is 0 Å². The van der Waals surface area contributed by atoms with Gasteiger partial charge >= 0.3 is 5.97 Å². The van der Waals surface area contributed by atoms with Gasteiger partial charge in [0, 0.05) is 6.54 Å². The van der Waals surface area contributed by atoms with Crippen molar-refractivity contribution in [1.29, 1.82) is 0 Å². The van der Waals surface area contributed by atoms with Crippen LogP contribution in [0.15, 0.2) is 30.3 Å². The third-order valence-electron chi connectivity index (χ3n) is 3.39. The fraction of sp³-hybridized carbons (Fsp3) is 0.462. The number of carboxylic acids is 1. The molecule has 0 bridgehead atoms. The number of sulfone groups is 1. The summed E-state index contributed by atoms with van der Waals surface area (Å²) in [7, 11) is -3.05. The van der Waals surface area contributed by atoms with E-state index in [1.165, 1.54) is 0 Å². The average molecular weight is 283 g/mol. The molecule has 1 aromatic rings. The summed E-state index contributed by atoms with van der Waals surface area (Å²) < 4.78 is 23.4. The SMILES string of the molecule is O=C(O)C(NCC1CCCS1(=O)=O)c1ccccc1. The maximum absolute atomic E-state index is 11.7. The van der Waals surface area contributed by atoms with Crippen LogP contribution in [0.5, 0.6) is 0 Å². The highest BCUT2D eigenvalue weighted by atomic mass is 32.2. The summed E-state index contributed by atoms with van der Waals surface area (Å²) in [6, 6.07) is 7.91. The van der Waals surface area contributed by atoms with Crippen molar-refractivity contribution in [2.45, 2.75) is 24.1 Å². The van der Waals surface area contributed by atoms with Gasteiger partial charge in [0.2, 0.25) is 0 Å². The topological polar surface area (TPSA) is 83.5 Å². The minimum atomic E-state index is -3.05. The van der Waals surface area contributed by atoms with Crippen LogP contribution in [0.1, 0.15) is 24.4 Å². The molecule has 6 heteroatoms. The molecule has 0 amide bonds. The van der Waals surface area contributed by atoms with Crippen LogP contribution in [-0.2, 0) is 14.6 Å². The molecular formula is C13H17NO4S. The number of hydrogen-bond donors (Lipinski definition) is 2. The smallest absolute Gasteiger partial charge is 0.325 e. The van der Waals surface area contributed by atoms with Crippen LogP contribution in [0, 0.1) is 0 Å². The molecule has 2 rings (SSSR count). The second-order valence-corrected chi connectivity index (χ2v) is 7.12. The minimum absolute atomic E-state index is 0.189. The molecule has 5 nitrogen and oxygen atoms in total. The number of nitrogens with one attached hydrogen (secondary N) is 1. The highest BCUT2D eigenvalue weighted by molar-refractivity contribution is 7.92. The number of carboxylic acid groups (broad SMARTS) is 1. The molecule has 19 heavy (non-hydrogen) atoms. The monoisotopic (exact) mass is 283 g/mol. The Hall–Kier alpha value is -1.40. The van der Waals surface area contributed by atoms with Gasteiger partial charge in [-0.15, -0.1) is 0 Å². The zero-order chi connectivity index (χ0) is 13.9. The van der Waals surface area contributed by atoms with Crippen molar-refractivity contribution in [3.05, 3.63) is 35.9 Å². The zero-order valence-corrected chi connectivity index (χ0v) is 11.3. The van der Waals surface area contributed by atoms with E-state index in [1.807, 2.05) is 6.07 Å². The molecule has 2 atom stereocenters. The van der Waals surface area contributed by atoms with Crippen molar-refractivity contribution >= 4 is 15.8 Å². The van der Waals surface area contributed by atoms with Crippen LogP contribution < -0.4 is 5.32 Å². The summed E-state index contributed by atoms with van der Waals surface area (Å²) >= 11 is 0. The number of hydrogen-bond acceptors (Lipinski definition) is 4. The highest BCUT2D eigenvalue weighted by Gasteiger charge is 2.32.